The summed E-state index contributed by atoms with van der Waals surface area (Å²) in [7, 11) is 0. The number of nitrogens with zero attached hydrogens (tertiary/aromatic N) is 2. The van der Waals surface area contributed by atoms with Crippen LogP contribution >= 0.6 is 0 Å². The van der Waals surface area contributed by atoms with E-state index < -0.39 is 0 Å². The molecule has 78 valence electrons. The molecule has 1 aromatic rings. The number of likely N-dealkylation sites (tertiary alicyclic amines) is 1. The second-order valence-electron chi connectivity index (χ2n) is 4.24. The molecule has 1 saturated heterocycles. The van der Waals surface area contributed by atoms with Gasteiger partial charge in [0, 0.05) is 19.5 Å². The quantitative estimate of drug-likeness (QED) is 0.749. The van der Waals surface area contributed by atoms with Crippen molar-refractivity contribution < 1.29 is 0 Å². The van der Waals surface area contributed by atoms with E-state index in [2.05, 4.69) is 35.2 Å². The molecular formula is C13H16N2. The van der Waals surface area contributed by atoms with Crippen LogP contribution in [0.5, 0.6) is 0 Å². The summed E-state index contributed by atoms with van der Waals surface area (Å²) in [5.41, 5.74) is 1.37. The normalized spacial score (nSPS) is 21.4. The standard InChI is InChI=1S/C13H16N2/c14-8-6-13-7-9-15(11-13)10-12-4-2-1-3-5-12/h1-5,13H,6-7,9-11H2/t13-/m1/s1. The van der Waals surface area contributed by atoms with Crippen LogP contribution in [0.15, 0.2) is 30.3 Å². The maximum Gasteiger partial charge on any atom is 0.0625 e. The molecule has 0 spiro atoms. The van der Waals surface area contributed by atoms with Gasteiger partial charge in [0.1, 0.15) is 0 Å². The lowest BCUT2D eigenvalue weighted by molar-refractivity contribution is 0.317. The molecule has 0 unspecified atom stereocenters. The first-order valence-corrected chi connectivity index (χ1v) is 5.51. The minimum Gasteiger partial charge on any atom is -0.299 e. The fourth-order valence-corrected chi connectivity index (χ4v) is 2.19. The molecule has 1 aliphatic rings. The SMILES string of the molecule is N#CC[C@@H]1CCN(Cc2ccccc2)C1. The number of rotatable bonds is 3. The summed E-state index contributed by atoms with van der Waals surface area (Å²) in [6.07, 6.45) is 1.89. The van der Waals surface area contributed by atoms with Crippen molar-refractivity contribution in [1.82, 2.24) is 4.90 Å². The first kappa shape index (κ1) is 10.2. The van der Waals surface area contributed by atoms with Crippen LogP contribution < -0.4 is 0 Å². The Morgan fingerprint density at radius 3 is 2.87 bits per heavy atom. The number of hydrogen-bond donors (Lipinski definition) is 0. The topological polar surface area (TPSA) is 27.0 Å². The molecule has 1 fully saturated rings. The number of hydrogen-bond acceptors (Lipinski definition) is 2. The smallest absolute Gasteiger partial charge is 0.0625 e. The van der Waals surface area contributed by atoms with Crippen LogP contribution in [0.25, 0.3) is 0 Å². The highest BCUT2D eigenvalue weighted by Gasteiger charge is 2.21. The van der Waals surface area contributed by atoms with E-state index in [1.54, 1.807) is 0 Å². The van der Waals surface area contributed by atoms with Gasteiger partial charge in [-0.2, -0.15) is 5.26 Å². The lowest BCUT2D eigenvalue weighted by atomic mass is 10.1. The van der Waals surface area contributed by atoms with Gasteiger partial charge in [0.2, 0.25) is 0 Å². The van der Waals surface area contributed by atoms with Crippen molar-refractivity contribution in [3.05, 3.63) is 35.9 Å². The molecule has 0 aliphatic carbocycles. The monoisotopic (exact) mass is 200 g/mol. The largest absolute Gasteiger partial charge is 0.299 e. The molecule has 2 nitrogen and oxygen atoms in total. The van der Waals surface area contributed by atoms with Crippen LogP contribution in [0.1, 0.15) is 18.4 Å². The third-order valence-corrected chi connectivity index (χ3v) is 3.00. The van der Waals surface area contributed by atoms with Gasteiger partial charge in [0.15, 0.2) is 0 Å². The number of nitriles is 1. The van der Waals surface area contributed by atoms with E-state index in [-0.39, 0.29) is 0 Å². The number of benzene rings is 1. The fourth-order valence-electron chi connectivity index (χ4n) is 2.19. The fraction of sp³-hybridized carbons (Fsp3) is 0.462. The van der Waals surface area contributed by atoms with E-state index in [1.807, 2.05) is 6.07 Å². The van der Waals surface area contributed by atoms with Crippen molar-refractivity contribution in [2.45, 2.75) is 19.4 Å². The zero-order valence-corrected chi connectivity index (χ0v) is 8.89. The Balaban J connectivity index is 1.85. The lowest BCUT2D eigenvalue weighted by Gasteiger charge is -2.15. The summed E-state index contributed by atoms with van der Waals surface area (Å²) in [6.45, 7) is 3.26. The summed E-state index contributed by atoms with van der Waals surface area (Å²) >= 11 is 0. The summed E-state index contributed by atoms with van der Waals surface area (Å²) in [5.74, 6) is 0.596. The molecule has 0 radical (unpaired) electrons. The predicted molar refractivity (Wildman–Crippen MR) is 60.1 cm³/mol. The average Bonchev–Trinajstić information content (AvgIpc) is 2.68. The van der Waals surface area contributed by atoms with Crippen LogP contribution in [-0.4, -0.2) is 18.0 Å². The minimum absolute atomic E-state index is 0.596. The third kappa shape index (κ3) is 2.81. The molecule has 1 aliphatic heterocycles. The first-order chi connectivity index (χ1) is 7.38. The van der Waals surface area contributed by atoms with Crippen LogP contribution in [0, 0.1) is 17.2 Å². The van der Waals surface area contributed by atoms with Gasteiger partial charge in [-0.15, -0.1) is 0 Å². The molecule has 1 heterocycles. The molecule has 0 aromatic heterocycles. The maximum absolute atomic E-state index is 8.63. The molecule has 0 amide bonds. The van der Waals surface area contributed by atoms with E-state index in [0.29, 0.717) is 12.3 Å². The highest BCUT2D eigenvalue weighted by atomic mass is 15.1. The van der Waals surface area contributed by atoms with Gasteiger partial charge in [-0.05, 0) is 24.4 Å². The van der Waals surface area contributed by atoms with Gasteiger partial charge >= 0.3 is 0 Å². The van der Waals surface area contributed by atoms with Gasteiger partial charge in [-0.25, -0.2) is 0 Å². The Hall–Kier alpha value is -1.33. The zero-order valence-electron chi connectivity index (χ0n) is 8.89. The van der Waals surface area contributed by atoms with Crippen LogP contribution in [0.2, 0.25) is 0 Å². The molecule has 1 aromatic carbocycles. The molecule has 1 atom stereocenters. The molecule has 2 heteroatoms. The average molecular weight is 200 g/mol. The highest BCUT2D eigenvalue weighted by molar-refractivity contribution is 5.14. The zero-order chi connectivity index (χ0) is 10.5. The van der Waals surface area contributed by atoms with Gasteiger partial charge < -0.3 is 0 Å². The van der Waals surface area contributed by atoms with Crippen molar-refractivity contribution in [3.8, 4) is 6.07 Å². The van der Waals surface area contributed by atoms with Crippen LogP contribution in [-0.2, 0) is 6.54 Å². The molecular weight excluding hydrogens is 184 g/mol. The van der Waals surface area contributed by atoms with Crippen molar-refractivity contribution in [2.24, 2.45) is 5.92 Å². The van der Waals surface area contributed by atoms with Gasteiger partial charge in [0.25, 0.3) is 0 Å². The third-order valence-electron chi connectivity index (χ3n) is 3.00. The van der Waals surface area contributed by atoms with Gasteiger partial charge in [0.05, 0.1) is 6.07 Å². The van der Waals surface area contributed by atoms with Crippen LogP contribution in [0.3, 0.4) is 0 Å². The van der Waals surface area contributed by atoms with E-state index in [9.17, 15) is 0 Å². The van der Waals surface area contributed by atoms with Crippen molar-refractivity contribution in [2.75, 3.05) is 13.1 Å². The van der Waals surface area contributed by atoms with Crippen molar-refractivity contribution in [1.29, 1.82) is 5.26 Å². The van der Waals surface area contributed by atoms with Gasteiger partial charge in [-0.1, -0.05) is 30.3 Å². The molecule has 2 rings (SSSR count). The summed E-state index contributed by atoms with van der Waals surface area (Å²) in [6, 6.07) is 12.8. The predicted octanol–water partition coefficient (Wildman–Crippen LogP) is 2.42. The second-order valence-corrected chi connectivity index (χ2v) is 4.24. The molecule has 0 saturated carbocycles. The highest BCUT2D eigenvalue weighted by Crippen LogP contribution is 2.20. The summed E-state index contributed by atoms with van der Waals surface area (Å²) < 4.78 is 0. The van der Waals surface area contributed by atoms with Crippen LogP contribution in [0.4, 0.5) is 0 Å². The summed E-state index contributed by atoms with van der Waals surface area (Å²) in [4.78, 5) is 2.44. The molecule has 0 N–H and O–H groups in total. The second kappa shape index (κ2) is 4.95. The molecule has 0 bridgehead atoms. The lowest BCUT2D eigenvalue weighted by Crippen LogP contribution is -2.19. The van der Waals surface area contributed by atoms with Crippen molar-refractivity contribution in [3.63, 3.8) is 0 Å². The minimum atomic E-state index is 0.596. The van der Waals surface area contributed by atoms with E-state index in [4.69, 9.17) is 5.26 Å². The van der Waals surface area contributed by atoms with E-state index in [0.717, 1.165) is 19.6 Å². The van der Waals surface area contributed by atoms with E-state index in [1.165, 1.54) is 12.0 Å². The Morgan fingerprint density at radius 2 is 2.13 bits per heavy atom. The van der Waals surface area contributed by atoms with Crippen molar-refractivity contribution >= 4 is 0 Å². The first-order valence-electron chi connectivity index (χ1n) is 5.51. The Morgan fingerprint density at radius 1 is 1.33 bits per heavy atom. The van der Waals surface area contributed by atoms with Gasteiger partial charge in [-0.3, -0.25) is 4.90 Å². The summed E-state index contributed by atoms with van der Waals surface area (Å²) in [5, 5.41) is 8.63. The Labute approximate surface area is 91.1 Å². The van der Waals surface area contributed by atoms with E-state index >= 15 is 0 Å². The maximum atomic E-state index is 8.63. The Bertz CT molecular complexity index is 339. The Kier molecular flexibility index (Phi) is 3.37. The molecule has 15 heavy (non-hydrogen) atoms.